The highest BCUT2D eigenvalue weighted by Crippen LogP contribution is 2.26. The number of carbonyl (C=O) groups is 4. The number of amides is 2. The molecule has 0 spiro atoms. The largest absolute Gasteiger partial charge is 0.508 e. The molecule has 11 nitrogen and oxygen atoms in total. The molecule has 0 aromatic heterocycles. The van der Waals surface area contributed by atoms with Crippen molar-refractivity contribution in [3.05, 3.63) is 23.8 Å². The fraction of sp³-hybridized carbons (Fsp3) is 0.444. The molecule has 7 N–H and O–H groups in total. The van der Waals surface area contributed by atoms with Gasteiger partial charge in [0.1, 0.15) is 30.1 Å². The number of phenolic OH excluding ortho intramolecular Hbond substituents is 2. The summed E-state index contributed by atoms with van der Waals surface area (Å²) in [6.07, 6.45) is -0.409. The minimum Gasteiger partial charge on any atom is -0.508 e. The highest BCUT2D eigenvalue weighted by molar-refractivity contribution is 7.80. The van der Waals surface area contributed by atoms with Gasteiger partial charge in [-0.3, -0.25) is 19.2 Å². The molecule has 0 saturated carbocycles. The van der Waals surface area contributed by atoms with E-state index in [2.05, 4.69) is 17.9 Å². The van der Waals surface area contributed by atoms with Crippen LogP contribution in [0.1, 0.15) is 18.4 Å². The number of carboxylic acid groups (broad SMARTS) is 2. The number of carbonyl (C=O) groups excluding carboxylic acids is 2. The molecule has 0 bridgehead atoms. The number of phenols is 2. The number of aliphatic carboxylic acids is 2. The Bertz CT molecular complexity index is 768. The zero-order chi connectivity index (χ0) is 22.8. The van der Waals surface area contributed by atoms with Gasteiger partial charge in [0.2, 0.25) is 11.8 Å². The van der Waals surface area contributed by atoms with Crippen molar-refractivity contribution in [2.24, 2.45) is 5.73 Å². The first kappa shape index (κ1) is 25.0. The van der Waals surface area contributed by atoms with Gasteiger partial charge < -0.3 is 36.4 Å². The zero-order valence-corrected chi connectivity index (χ0v) is 16.9. The van der Waals surface area contributed by atoms with Gasteiger partial charge in [-0.05, 0) is 25.0 Å². The van der Waals surface area contributed by atoms with Gasteiger partial charge >= 0.3 is 11.9 Å². The van der Waals surface area contributed by atoms with E-state index in [0.717, 1.165) is 4.90 Å². The molecule has 0 aliphatic heterocycles. The van der Waals surface area contributed by atoms with Crippen molar-refractivity contribution >= 4 is 36.4 Å². The Kier molecular flexibility index (Phi) is 9.92. The van der Waals surface area contributed by atoms with E-state index in [1.165, 1.54) is 18.2 Å². The van der Waals surface area contributed by atoms with Crippen molar-refractivity contribution < 1.29 is 39.6 Å². The quantitative estimate of drug-likeness (QED) is 0.202. The third kappa shape index (κ3) is 7.79. The van der Waals surface area contributed by atoms with Crippen LogP contribution < -0.4 is 11.1 Å². The standard InChI is InChI=1S/C18H25N3O8S/c19-11(18(28)29)4-5-15(24)20-12(9-30)17(27)21(8-16(25)26)7-6-10-13(22)2-1-3-14(10)23/h1-3,11-12,22-23,30H,4-9,19H2,(H,20,24)(H,25,26)(H,28,29). The summed E-state index contributed by atoms with van der Waals surface area (Å²) in [6.45, 7) is -0.822. The Morgan fingerprint density at radius 2 is 1.73 bits per heavy atom. The Morgan fingerprint density at radius 3 is 2.23 bits per heavy atom. The van der Waals surface area contributed by atoms with Gasteiger partial charge in [0, 0.05) is 24.3 Å². The number of benzene rings is 1. The first-order valence-electron chi connectivity index (χ1n) is 8.95. The van der Waals surface area contributed by atoms with Crippen LogP contribution >= 0.6 is 12.6 Å². The second-order valence-electron chi connectivity index (χ2n) is 6.46. The van der Waals surface area contributed by atoms with E-state index >= 15 is 0 Å². The van der Waals surface area contributed by atoms with E-state index in [0.29, 0.717) is 0 Å². The molecule has 0 heterocycles. The monoisotopic (exact) mass is 443 g/mol. The molecule has 0 aliphatic rings. The van der Waals surface area contributed by atoms with E-state index in [9.17, 15) is 29.4 Å². The minimum absolute atomic E-state index is 0.0295. The summed E-state index contributed by atoms with van der Waals surface area (Å²) in [5, 5.41) is 39.9. The third-order valence-corrected chi connectivity index (χ3v) is 4.58. The fourth-order valence-corrected chi connectivity index (χ4v) is 2.83. The molecule has 0 radical (unpaired) electrons. The summed E-state index contributed by atoms with van der Waals surface area (Å²) >= 11 is 4.02. The van der Waals surface area contributed by atoms with Gasteiger partial charge in [-0.15, -0.1) is 0 Å². The number of hydrogen-bond donors (Lipinski definition) is 7. The number of rotatable bonds is 12. The molecule has 30 heavy (non-hydrogen) atoms. The van der Waals surface area contributed by atoms with Gasteiger partial charge in [-0.1, -0.05) is 6.07 Å². The van der Waals surface area contributed by atoms with Crippen LogP contribution in [0.5, 0.6) is 11.5 Å². The van der Waals surface area contributed by atoms with Crippen LogP contribution in [0.2, 0.25) is 0 Å². The average molecular weight is 443 g/mol. The lowest BCUT2D eigenvalue weighted by Gasteiger charge is -2.26. The molecule has 2 atom stereocenters. The van der Waals surface area contributed by atoms with Gasteiger partial charge in [0.25, 0.3) is 0 Å². The number of hydrogen-bond acceptors (Lipinski definition) is 8. The van der Waals surface area contributed by atoms with E-state index in [-0.39, 0.29) is 48.6 Å². The summed E-state index contributed by atoms with van der Waals surface area (Å²) in [5.41, 5.74) is 5.48. The van der Waals surface area contributed by atoms with Crippen LogP contribution in [0.25, 0.3) is 0 Å². The highest BCUT2D eigenvalue weighted by Gasteiger charge is 2.27. The van der Waals surface area contributed by atoms with Crippen LogP contribution in [0.3, 0.4) is 0 Å². The average Bonchev–Trinajstić information content (AvgIpc) is 2.67. The molecule has 1 aromatic rings. The molecule has 2 amide bonds. The number of nitrogens with zero attached hydrogens (tertiary/aromatic N) is 1. The zero-order valence-electron chi connectivity index (χ0n) is 16.0. The molecular formula is C18H25N3O8S. The van der Waals surface area contributed by atoms with Crippen molar-refractivity contribution in [1.82, 2.24) is 10.2 Å². The van der Waals surface area contributed by atoms with Gasteiger partial charge in [0.05, 0.1) is 0 Å². The SMILES string of the molecule is NC(CCC(=O)NC(CS)C(=O)N(CCc1c(O)cccc1O)CC(=O)O)C(=O)O. The van der Waals surface area contributed by atoms with Crippen LogP contribution in [0, 0.1) is 0 Å². The number of thiol groups is 1. The van der Waals surface area contributed by atoms with Crippen molar-refractivity contribution in [1.29, 1.82) is 0 Å². The molecule has 0 saturated heterocycles. The second kappa shape index (κ2) is 11.9. The van der Waals surface area contributed by atoms with Crippen molar-refractivity contribution in [3.8, 4) is 11.5 Å². The predicted molar refractivity (Wildman–Crippen MR) is 108 cm³/mol. The lowest BCUT2D eigenvalue weighted by atomic mass is 10.1. The van der Waals surface area contributed by atoms with E-state index in [4.69, 9.17) is 15.9 Å². The highest BCUT2D eigenvalue weighted by atomic mass is 32.1. The van der Waals surface area contributed by atoms with Crippen molar-refractivity contribution in [2.75, 3.05) is 18.8 Å². The topological polar surface area (TPSA) is 190 Å². The van der Waals surface area contributed by atoms with E-state index in [1.54, 1.807) is 0 Å². The lowest BCUT2D eigenvalue weighted by molar-refractivity contribution is -0.145. The molecular weight excluding hydrogens is 418 g/mol. The second-order valence-corrected chi connectivity index (χ2v) is 6.83. The molecule has 1 aromatic carbocycles. The Balaban J connectivity index is 2.82. The fourth-order valence-electron chi connectivity index (χ4n) is 2.58. The maximum Gasteiger partial charge on any atom is 0.323 e. The van der Waals surface area contributed by atoms with Gasteiger partial charge in [-0.25, -0.2) is 0 Å². The number of carboxylic acids is 2. The first-order chi connectivity index (χ1) is 14.1. The molecule has 1 rings (SSSR count). The smallest absolute Gasteiger partial charge is 0.323 e. The first-order valence-corrected chi connectivity index (χ1v) is 9.59. The summed E-state index contributed by atoms with van der Waals surface area (Å²) in [6, 6.07) is 1.74. The Morgan fingerprint density at radius 1 is 1.13 bits per heavy atom. The minimum atomic E-state index is -1.29. The van der Waals surface area contributed by atoms with Gasteiger partial charge in [-0.2, -0.15) is 12.6 Å². The van der Waals surface area contributed by atoms with E-state index < -0.39 is 42.4 Å². The molecule has 0 fully saturated rings. The maximum atomic E-state index is 12.7. The number of aromatic hydroxyl groups is 2. The van der Waals surface area contributed by atoms with Crippen molar-refractivity contribution in [2.45, 2.75) is 31.3 Å². The number of nitrogens with one attached hydrogen (secondary N) is 1. The van der Waals surface area contributed by atoms with Crippen molar-refractivity contribution in [3.63, 3.8) is 0 Å². The molecule has 0 aliphatic carbocycles. The summed E-state index contributed by atoms with van der Waals surface area (Å²) in [4.78, 5) is 47.6. The third-order valence-electron chi connectivity index (χ3n) is 4.21. The van der Waals surface area contributed by atoms with E-state index in [1.807, 2.05) is 0 Å². The lowest BCUT2D eigenvalue weighted by Crippen LogP contribution is -2.51. The normalized spacial score (nSPS) is 12.6. The van der Waals surface area contributed by atoms with Crippen LogP contribution in [-0.2, 0) is 25.6 Å². The summed E-state index contributed by atoms with van der Waals surface area (Å²) in [7, 11) is 0. The predicted octanol–water partition coefficient (Wildman–Crippen LogP) is -0.840. The summed E-state index contributed by atoms with van der Waals surface area (Å²) < 4.78 is 0. The van der Waals surface area contributed by atoms with Crippen LogP contribution in [-0.4, -0.2) is 80.0 Å². The molecule has 12 heteroatoms. The van der Waals surface area contributed by atoms with Gasteiger partial charge in [0.15, 0.2) is 0 Å². The van der Waals surface area contributed by atoms with Crippen LogP contribution in [0.4, 0.5) is 0 Å². The molecule has 166 valence electrons. The maximum absolute atomic E-state index is 12.7. The Hall–Kier alpha value is -2.99. The Labute approximate surface area is 177 Å². The number of nitrogens with two attached hydrogens (primary N) is 1. The molecule has 2 unspecified atom stereocenters. The van der Waals surface area contributed by atoms with Crippen LogP contribution in [0.15, 0.2) is 18.2 Å². The summed E-state index contributed by atoms with van der Waals surface area (Å²) in [5.74, 6) is -4.44.